The molecular weight excluding hydrogens is 232 g/mol. The molecular formula is C12H8N4S. The Kier molecular flexibility index (Phi) is 2.16. The average Bonchev–Trinajstić information content (AvgIpc) is 2.97. The first-order valence-electron chi connectivity index (χ1n) is 5.05. The highest BCUT2D eigenvalue weighted by molar-refractivity contribution is 7.13. The second kappa shape index (κ2) is 3.68. The number of hydrogen-bond donors (Lipinski definition) is 0. The van der Waals surface area contributed by atoms with E-state index in [-0.39, 0.29) is 0 Å². The van der Waals surface area contributed by atoms with E-state index < -0.39 is 0 Å². The van der Waals surface area contributed by atoms with Crippen molar-refractivity contribution in [1.29, 1.82) is 5.26 Å². The van der Waals surface area contributed by atoms with Gasteiger partial charge in [-0.25, -0.2) is 4.98 Å². The van der Waals surface area contributed by atoms with Crippen LogP contribution in [0.4, 0.5) is 0 Å². The van der Waals surface area contributed by atoms with Crippen molar-refractivity contribution < 1.29 is 0 Å². The molecule has 17 heavy (non-hydrogen) atoms. The minimum Gasteiger partial charge on any atom is -0.326 e. The maximum absolute atomic E-state index is 8.86. The Hall–Kier alpha value is -2.19. The van der Waals surface area contributed by atoms with E-state index in [0.717, 1.165) is 21.7 Å². The summed E-state index contributed by atoms with van der Waals surface area (Å²) in [5.74, 6) is 0.887. The largest absolute Gasteiger partial charge is 0.326 e. The van der Waals surface area contributed by atoms with Crippen LogP contribution in [-0.4, -0.2) is 14.5 Å². The molecule has 2 heterocycles. The molecule has 5 heteroatoms. The van der Waals surface area contributed by atoms with Crippen molar-refractivity contribution in [2.24, 2.45) is 7.05 Å². The molecule has 0 aliphatic rings. The Morgan fingerprint density at radius 1 is 1.41 bits per heavy atom. The van der Waals surface area contributed by atoms with Gasteiger partial charge in [0.25, 0.3) is 0 Å². The molecule has 0 N–H and O–H groups in total. The van der Waals surface area contributed by atoms with E-state index in [0.29, 0.717) is 5.56 Å². The van der Waals surface area contributed by atoms with E-state index in [4.69, 9.17) is 5.26 Å². The lowest BCUT2D eigenvalue weighted by Gasteiger charge is -1.98. The van der Waals surface area contributed by atoms with Crippen LogP contribution >= 0.6 is 11.3 Å². The van der Waals surface area contributed by atoms with Crippen molar-refractivity contribution in [3.05, 3.63) is 35.5 Å². The summed E-state index contributed by atoms with van der Waals surface area (Å²) in [6.07, 6.45) is 1.80. The van der Waals surface area contributed by atoms with Gasteiger partial charge in [0.1, 0.15) is 0 Å². The fourth-order valence-corrected chi connectivity index (χ4v) is 2.46. The van der Waals surface area contributed by atoms with Crippen LogP contribution in [0.3, 0.4) is 0 Å². The normalized spacial score (nSPS) is 10.6. The second-order valence-electron chi connectivity index (χ2n) is 3.68. The number of aromatic nitrogens is 3. The van der Waals surface area contributed by atoms with Gasteiger partial charge in [0, 0.05) is 13.2 Å². The molecule has 0 amide bonds. The van der Waals surface area contributed by atoms with Crippen LogP contribution in [0.1, 0.15) is 5.56 Å². The number of nitriles is 1. The zero-order chi connectivity index (χ0) is 11.8. The summed E-state index contributed by atoms with van der Waals surface area (Å²) in [7, 11) is 1.97. The first kappa shape index (κ1) is 10.00. The van der Waals surface area contributed by atoms with Crippen molar-refractivity contribution >= 4 is 22.4 Å². The highest BCUT2D eigenvalue weighted by atomic mass is 32.1. The molecule has 1 aromatic carbocycles. The zero-order valence-corrected chi connectivity index (χ0v) is 9.90. The fraction of sp³-hybridized carbons (Fsp3) is 0.0833. The summed E-state index contributed by atoms with van der Waals surface area (Å²) in [4.78, 5) is 9.63. The lowest BCUT2D eigenvalue weighted by Crippen LogP contribution is -1.90. The van der Waals surface area contributed by atoms with Gasteiger partial charge in [-0.3, -0.25) is 4.98 Å². The van der Waals surface area contributed by atoms with Crippen LogP contribution in [0.15, 0.2) is 29.9 Å². The molecule has 4 nitrogen and oxygen atoms in total. The fourth-order valence-electron chi connectivity index (χ4n) is 1.82. The summed E-state index contributed by atoms with van der Waals surface area (Å²) < 4.78 is 2.02. The molecule has 0 saturated heterocycles. The predicted octanol–water partition coefficient (Wildman–Crippen LogP) is 2.57. The van der Waals surface area contributed by atoms with E-state index in [9.17, 15) is 0 Å². The third-order valence-corrected chi connectivity index (χ3v) is 3.43. The molecule has 0 radical (unpaired) electrons. The SMILES string of the molecule is Cn1c(-c2cncs2)nc2cc(C#N)ccc21. The molecule has 0 spiro atoms. The van der Waals surface area contributed by atoms with Gasteiger partial charge in [0.15, 0.2) is 5.82 Å². The van der Waals surface area contributed by atoms with Gasteiger partial charge >= 0.3 is 0 Å². The van der Waals surface area contributed by atoms with Crippen LogP contribution < -0.4 is 0 Å². The number of benzene rings is 1. The van der Waals surface area contributed by atoms with Crippen molar-refractivity contribution in [3.63, 3.8) is 0 Å². The number of nitrogens with zero attached hydrogens (tertiary/aromatic N) is 4. The van der Waals surface area contributed by atoms with Crippen molar-refractivity contribution in [1.82, 2.24) is 14.5 Å². The minimum absolute atomic E-state index is 0.631. The Balaban J connectivity index is 2.29. The number of thiazole rings is 1. The summed E-state index contributed by atoms with van der Waals surface area (Å²) in [6, 6.07) is 7.66. The molecule has 0 bridgehead atoms. The number of imidazole rings is 1. The Bertz CT molecular complexity index is 719. The number of hydrogen-bond acceptors (Lipinski definition) is 4. The van der Waals surface area contributed by atoms with Gasteiger partial charge in [-0.05, 0) is 18.2 Å². The molecule has 0 aliphatic carbocycles. The van der Waals surface area contributed by atoms with Crippen molar-refractivity contribution in [2.45, 2.75) is 0 Å². The zero-order valence-electron chi connectivity index (χ0n) is 9.08. The number of rotatable bonds is 1. The smallest absolute Gasteiger partial charge is 0.152 e. The molecule has 0 fully saturated rings. The van der Waals surface area contributed by atoms with Crippen molar-refractivity contribution in [3.8, 4) is 16.8 Å². The van der Waals surface area contributed by atoms with Crippen LogP contribution in [0.2, 0.25) is 0 Å². The molecule has 3 aromatic rings. The first-order chi connectivity index (χ1) is 8.29. The second-order valence-corrected chi connectivity index (χ2v) is 4.56. The summed E-state index contributed by atoms with van der Waals surface area (Å²) in [5.41, 5.74) is 4.28. The predicted molar refractivity (Wildman–Crippen MR) is 66.5 cm³/mol. The van der Waals surface area contributed by atoms with E-state index in [1.807, 2.05) is 17.7 Å². The van der Waals surface area contributed by atoms with Crippen LogP contribution in [0.25, 0.3) is 21.7 Å². The lowest BCUT2D eigenvalue weighted by molar-refractivity contribution is 0.962. The summed E-state index contributed by atoms with van der Waals surface area (Å²) in [6.45, 7) is 0. The number of aryl methyl sites for hydroxylation is 1. The van der Waals surface area contributed by atoms with E-state index in [2.05, 4.69) is 16.0 Å². The lowest BCUT2D eigenvalue weighted by atomic mass is 10.2. The Morgan fingerprint density at radius 3 is 3.00 bits per heavy atom. The van der Waals surface area contributed by atoms with Gasteiger partial charge in [0.2, 0.25) is 0 Å². The Morgan fingerprint density at radius 2 is 2.29 bits per heavy atom. The van der Waals surface area contributed by atoms with Crippen molar-refractivity contribution in [2.75, 3.05) is 0 Å². The van der Waals surface area contributed by atoms with Gasteiger partial charge in [-0.2, -0.15) is 5.26 Å². The van der Waals surface area contributed by atoms with Gasteiger partial charge in [-0.1, -0.05) is 0 Å². The topological polar surface area (TPSA) is 54.5 Å². The van der Waals surface area contributed by atoms with Crippen LogP contribution in [-0.2, 0) is 7.05 Å². The van der Waals surface area contributed by atoms with E-state index >= 15 is 0 Å². The molecule has 82 valence electrons. The Labute approximate surface area is 102 Å². The molecule has 0 saturated carbocycles. The number of fused-ring (bicyclic) bond motifs is 1. The monoisotopic (exact) mass is 240 g/mol. The average molecular weight is 240 g/mol. The summed E-state index contributed by atoms with van der Waals surface area (Å²) in [5, 5.41) is 8.86. The van der Waals surface area contributed by atoms with Crippen LogP contribution in [0, 0.1) is 11.3 Å². The molecule has 0 unspecified atom stereocenters. The maximum Gasteiger partial charge on any atom is 0.152 e. The molecule has 2 aromatic heterocycles. The molecule has 0 aliphatic heterocycles. The standard InChI is InChI=1S/C12H8N4S/c1-16-10-3-2-8(5-13)4-9(10)15-12(16)11-6-14-7-17-11/h2-4,6-7H,1H3. The minimum atomic E-state index is 0.631. The highest BCUT2D eigenvalue weighted by Gasteiger charge is 2.11. The first-order valence-corrected chi connectivity index (χ1v) is 5.93. The summed E-state index contributed by atoms with van der Waals surface area (Å²) >= 11 is 1.56. The van der Waals surface area contributed by atoms with Gasteiger partial charge in [-0.15, -0.1) is 11.3 Å². The molecule has 3 rings (SSSR count). The van der Waals surface area contributed by atoms with Crippen LogP contribution in [0.5, 0.6) is 0 Å². The van der Waals surface area contributed by atoms with E-state index in [1.54, 1.807) is 35.2 Å². The van der Waals surface area contributed by atoms with Gasteiger partial charge in [0.05, 0.1) is 33.1 Å². The third kappa shape index (κ3) is 1.50. The third-order valence-electron chi connectivity index (χ3n) is 2.66. The quantitative estimate of drug-likeness (QED) is 0.657. The van der Waals surface area contributed by atoms with E-state index in [1.165, 1.54) is 0 Å². The molecule has 0 atom stereocenters. The maximum atomic E-state index is 8.86. The highest BCUT2D eigenvalue weighted by Crippen LogP contribution is 2.26. The van der Waals surface area contributed by atoms with Gasteiger partial charge < -0.3 is 4.57 Å².